The molecule has 4 nitrogen and oxygen atoms in total. The van der Waals surface area contributed by atoms with E-state index in [4.69, 9.17) is 0 Å². The van der Waals surface area contributed by atoms with Gasteiger partial charge in [0.05, 0.1) is 3.57 Å². The van der Waals surface area contributed by atoms with E-state index in [0.29, 0.717) is 6.04 Å². The normalized spacial score (nSPS) is 20.1. The highest BCUT2D eigenvalue weighted by molar-refractivity contribution is 14.1. The van der Waals surface area contributed by atoms with Crippen LogP contribution in [-0.4, -0.2) is 35.6 Å². The van der Waals surface area contributed by atoms with Crippen molar-refractivity contribution in [2.45, 2.75) is 38.6 Å². The minimum atomic E-state index is 0.578. The molecular weight excluding hydrogens is 339 g/mol. The second kappa shape index (κ2) is 7.23. The van der Waals surface area contributed by atoms with Gasteiger partial charge in [0.15, 0.2) is 0 Å². The maximum Gasteiger partial charge on any atom is 0.145 e. The first kappa shape index (κ1) is 14.0. The number of hydrogen-bond acceptors (Lipinski definition) is 4. The summed E-state index contributed by atoms with van der Waals surface area (Å²) in [7, 11) is 0. The SMILES string of the molecule is CCCNCC1CCCCN1c1ncncc1I. The van der Waals surface area contributed by atoms with Crippen LogP contribution in [0.1, 0.15) is 32.6 Å². The van der Waals surface area contributed by atoms with Gasteiger partial charge in [-0.3, -0.25) is 0 Å². The van der Waals surface area contributed by atoms with E-state index in [-0.39, 0.29) is 0 Å². The van der Waals surface area contributed by atoms with E-state index in [2.05, 4.69) is 49.7 Å². The Balaban J connectivity index is 2.05. The van der Waals surface area contributed by atoms with Gasteiger partial charge < -0.3 is 10.2 Å². The van der Waals surface area contributed by atoms with Crippen LogP contribution in [-0.2, 0) is 0 Å². The summed E-state index contributed by atoms with van der Waals surface area (Å²) in [6.07, 6.45) is 8.60. The molecule has 1 unspecified atom stereocenters. The molecule has 0 aliphatic carbocycles. The Morgan fingerprint density at radius 3 is 3.17 bits per heavy atom. The molecule has 1 aromatic heterocycles. The summed E-state index contributed by atoms with van der Waals surface area (Å²) in [4.78, 5) is 11.0. The minimum Gasteiger partial charge on any atom is -0.351 e. The van der Waals surface area contributed by atoms with E-state index < -0.39 is 0 Å². The molecule has 1 saturated heterocycles. The Morgan fingerprint density at radius 2 is 2.39 bits per heavy atom. The summed E-state index contributed by atoms with van der Waals surface area (Å²) in [5, 5.41) is 3.54. The fraction of sp³-hybridized carbons (Fsp3) is 0.692. The number of nitrogens with one attached hydrogen (secondary N) is 1. The maximum atomic E-state index is 4.46. The lowest BCUT2D eigenvalue weighted by molar-refractivity contribution is 0.432. The maximum absolute atomic E-state index is 4.46. The average Bonchev–Trinajstić information content (AvgIpc) is 2.40. The third-order valence-electron chi connectivity index (χ3n) is 3.35. The molecule has 1 aliphatic heterocycles. The molecule has 1 aromatic rings. The van der Waals surface area contributed by atoms with Crippen LogP contribution in [0.2, 0.25) is 0 Å². The van der Waals surface area contributed by atoms with E-state index in [1.165, 1.54) is 25.7 Å². The van der Waals surface area contributed by atoms with Gasteiger partial charge in [-0.1, -0.05) is 6.92 Å². The molecule has 2 rings (SSSR count). The van der Waals surface area contributed by atoms with Gasteiger partial charge in [0.25, 0.3) is 0 Å². The Labute approximate surface area is 123 Å². The van der Waals surface area contributed by atoms with E-state index in [1.54, 1.807) is 6.33 Å². The molecule has 0 spiro atoms. The molecule has 1 N–H and O–H groups in total. The molecule has 5 heteroatoms. The second-order valence-electron chi connectivity index (χ2n) is 4.74. The number of rotatable bonds is 5. The summed E-state index contributed by atoms with van der Waals surface area (Å²) in [5.74, 6) is 1.11. The van der Waals surface area contributed by atoms with E-state index in [1.807, 2.05) is 6.20 Å². The van der Waals surface area contributed by atoms with Crippen LogP contribution in [0.25, 0.3) is 0 Å². The van der Waals surface area contributed by atoms with E-state index >= 15 is 0 Å². The Kier molecular flexibility index (Phi) is 5.62. The standard InChI is InChI=1S/C13H21IN4/c1-2-6-15-8-11-5-3-4-7-18(11)13-12(14)9-16-10-17-13/h9-11,15H,2-8H2,1H3. The molecular formula is C13H21IN4. The molecule has 0 saturated carbocycles. The first-order valence-electron chi connectivity index (χ1n) is 6.75. The van der Waals surface area contributed by atoms with E-state index in [0.717, 1.165) is 29.0 Å². The first-order valence-corrected chi connectivity index (χ1v) is 7.83. The van der Waals surface area contributed by atoms with Crippen LogP contribution in [0.15, 0.2) is 12.5 Å². The zero-order chi connectivity index (χ0) is 12.8. The summed E-state index contributed by atoms with van der Waals surface area (Å²) < 4.78 is 1.15. The Hall–Kier alpha value is -0.430. The van der Waals surface area contributed by atoms with Crippen molar-refractivity contribution in [3.05, 3.63) is 16.1 Å². The van der Waals surface area contributed by atoms with Gasteiger partial charge in [0.1, 0.15) is 12.1 Å². The molecule has 2 heterocycles. The molecule has 1 fully saturated rings. The van der Waals surface area contributed by atoms with Gasteiger partial charge in [-0.25, -0.2) is 9.97 Å². The number of halogens is 1. The summed E-state index contributed by atoms with van der Waals surface area (Å²) in [6, 6.07) is 0.578. The zero-order valence-electron chi connectivity index (χ0n) is 10.9. The van der Waals surface area contributed by atoms with Crippen LogP contribution in [0.3, 0.4) is 0 Å². The first-order chi connectivity index (χ1) is 8.83. The molecule has 0 amide bonds. The van der Waals surface area contributed by atoms with Gasteiger partial charge in [-0.05, 0) is 54.8 Å². The lowest BCUT2D eigenvalue weighted by Gasteiger charge is -2.37. The molecule has 18 heavy (non-hydrogen) atoms. The van der Waals surface area contributed by atoms with Crippen LogP contribution in [0.4, 0.5) is 5.82 Å². The molecule has 0 aromatic carbocycles. The number of piperidine rings is 1. The van der Waals surface area contributed by atoms with Crippen LogP contribution in [0, 0.1) is 3.57 Å². The number of anilines is 1. The van der Waals surface area contributed by atoms with Crippen LogP contribution in [0.5, 0.6) is 0 Å². The number of nitrogens with zero attached hydrogens (tertiary/aromatic N) is 3. The minimum absolute atomic E-state index is 0.578. The lowest BCUT2D eigenvalue weighted by atomic mass is 10.0. The number of hydrogen-bond donors (Lipinski definition) is 1. The smallest absolute Gasteiger partial charge is 0.145 e. The quantitative estimate of drug-likeness (QED) is 0.647. The predicted molar refractivity (Wildman–Crippen MR) is 82.9 cm³/mol. The summed E-state index contributed by atoms with van der Waals surface area (Å²) in [5.41, 5.74) is 0. The number of aromatic nitrogens is 2. The third-order valence-corrected chi connectivity index (χ3v) is 4.12. The Morgan fingerprint density at radius 1 is 1.50 bits per heavy atom. The highest BCUT2D eigenvalue weighted by Gasteiger charge is 2.24. The predicted octanol–water partition coefficient (Wildman–Crippen LogP) is 2.44. The molecule has 1 aliphatic rings. The van der Waals surface area contributed by atoms with Crippen LogP contribution >= 0.6 is 22.6 Å². The topological polar surface area (TPSA) is 41.0 Å². The average molecular weight is 360 g/mol. The van der Waals surface area contributed by atoms with Gasteiger partial charge in [-0.15, -0.1) is 0 Å². The summed E-state index contributed by atoms with van der Waals surface area (Å²) >= 11 is 2.33. The second-order valence-corrected chi connectivity index (χ2v) is 5.90. The fourth-order valence-corrected chi connectivity index (χ4v) is 3.06. The highest BCUT2D eigenvalue weighted by Crippen LogP contribution is 2.26. The van der Waals surface area contributed by atoms with Crippen molar-refractivity contribution >= 4 is 28.4 Å². The largest absolute Gasteiger partial charge is 0.351 e. The Bertz CT molecular complexity index is 372. The van der Waals surface area contributed by atoms with Crippen molar-refractivity contribution in [3.8, 4) is 0 Å². The molecule has 1 atom stereocenters. The van der Waals surface area contributed by atoms with Crippen molar-refractivity contribution in [1.82, 2.24) is 15.3 Å². The van der Waals surface area contributed by atoms with Crippen molar-refractivity contribution in [1.29, 1.82) is 0 Å². The zero-order valence-corrected chi connectivity index (χ0v) is 13.1. The monoisotopic (exact) mass is 360 g/mol. The molecule has 0 bridgehead atoms. The molecule has 100 valence electrons. The van der Waals surface area contributed by atoms with E-state index in [9.17, 15) is 0 Å². The lowest BCUT2D eigenvalue weighted by Crippen LogP contribution is -2.46. The van der Waals surface area contributed by atoms with Gasteiger partial charge >= 0.3 is 0 Å². The third kappa shape index (κ3) is 3.54. The van der Waals surface area contributed by atoms with Crippen molar-refractivity contribution in [3.63, 3.8) is 0 Å². The van der Waals surface area contributed by atoms with Crippen molar-refractivity contribution in [2.24, 2.45) is 0 Å². The highest BCUT2D eigenvalue weighted by atomic mass is 127. The van der Waals surface area contributed by atoms with Gasteiger partial charge in [0.2, 0.25) is 0 Å². The molecule has 0 radical (unpaired) electrons. The summed E-state index contributed by atoms with van der Waals surface area (Å²) in [6.45, 7) is 5.49. The van der Waals surface area contributed by atoms with Gasteiger partial charge in [-0.2, -0.15) is 0 Å². The van der Waals surface area contributed by atoms with Crippen molar-refractivity contribution < 1.29 is 0 Å². The van der Waals surface area contributed by atoms with Crippen molar-refractivity contribution in [2.75, 3.05) is 24.5 Å². The fourth-order valence-electron chi connectivity index (χ4n) is 2.45. The van der Waals surface area contributed by atoms with Gasteiger partial charge in [0, 0.05) is 25.3 Å². The van der Waals surface area contributed by atoms with Crippen LogP contribution < -0.4 is 10.2 Å².